The zero-order valence-corrected chi connectivity index (χ0v) is 5.91. The van der Waals surface area contributed by atoms with Crippen LogP contribution in [0.3, 0.4) is 0 Å². The summed E-state index contributed by atoms with van der Waals surface area (Å²) < 4.78 is 0. The normalized spacial score (nSPS) is 8.64. The average Bonchev–Trinajstić information content (AvgIpc) is 2.04. The van der Waals surface area contributed by atoms with E-state index in [-0.39, 0.29) is 11.3 Å². The maximum absolute atomic E-state index is 9.15. The number of benzene rings is 1. The number of aromatic hydroxyl groups is 1. The Morgan fingerprint density at radius 1 is 1.55 bits per heavy atom. The van der Waals surface area contributed by atoms with Crippen LogP contribution in [0.2, 0.25) is 0 Å². The van der Waals surface area contributed by atoms with Crippen LogP contribution >= 0.6 is 0 Å². The third-order valence-electron chi connectivity index (χ3n) is 1.41. The van der Waals surface area contributed by atoms with Crippen LogP contribution in [0.15, 0.2) is 24.8 Å². The van der Waals surface area contributed by atoms with E-state index in [0.717, 1.165) is 0 Å². The van der Waals surface area contributed by atoms with Crippen molar-refractivity contribution < 1.29 is 5.11 Å². The van der Waals surface area contributed by atoms with E-state index in [1.54, 1.807) is 12.1 Å². The second-order valence-electron chi connectivity index (χ2n) is 2.06. The minimum absolute atomic E-state index is 0.00454. The van der Waals surface area contributed by atoms with E-state index in [2.05, 4.69) is 6.58 Å². The third-order valence-corrected chi connectivity index (χ3v) is 1.41. The zero-order valence-electron chi connectivity index (χ0n) is 5.91. The van der Waals surface area contributed by atoms with Crippen molar-refractivity contribution >= 4 is 6.08 Å². The summed E-state index contributed by atoms with van der Waals surface area (Å²) in [5.41, 5.74) is 0.940. The van der Waals surface area contributed by atoms with Gasteiger partial charge in [0.05, 0.1) is 0 Å². The predicted octanol–water partition coefficient (Wildman–Crippen LogP) is 1.91. The lowest BCUT2D eigenvalue weighted by molar-refractivity contribution is 0.473. The van der Waals surface area contributed by atoms with Gasteiger partial charge in [0.1, 0.15) is 17.4 Å². The first-order valence-electron chi connectivity index (χ1n) is 3.14. The molecule has 2 nitrogen and oxygen atoms in total. The summed E-state index contributed by atoms with van der Waals surface area (Å²) in [6.45, 7) is 3.52. The molecule has 54 valence electrons. The molecule has 0 bridgehead atoms. The van der Waals surface area contributed by atoms with Gasteiger partial charge in [0.25, 0.3) is 0 Å². The van der Waals surface area contributed by atoms with Gasteiger partial charge in [-0.2, -0.15) is 5.26 Å². The van der Waals surface area contributed by atoms with Gasteiger partial charge >= 0.3 is 0 Å². The van der Waals surface area contributed by atoms with Gasteiger partial charge in [0, 0.05) is 0 Å². The molecule has 2 heteroatoms. The summed E-state index contributed by atoms with van der Waals surface area (Å²) in [6.07, 6.45) is 1.54. The highest BCUT2D eigenvalue weighted by molar-refractivity contribution is 5.61. The van der Waals surface area contributed by atoms with Crippen LogP contribution in [0.25, 0.3) is 6.08 Å². The highest BCUT2D eigenvalue weighted by Crippen LogP contribution is 2.19. The lowest BCUT2D eigenvalue weighted by atomic mass is 10.1. The second kappa shape index (κ2) is 2.89. The van der Waals surface area contributed by atoms with Gasteiger partial charge in [-0.15, -0.1) is 0 Å². The Morgan fingerprint density at radius 3 is 2.73 bits per heavy atom. The van der Waals surface area contributed by atoms with Crippen molar-refractivity contribution in [1.82, 2.24) is 0 Å². The number of nitrogens with zero attached hydrogens (tertiary/aromatic N) is 1. The molecule has 0 spiro atoms. The summed E-state index contributed by atoms with van der Waals surface area (Å²) in [5, 5.41) is 17.7. The molecular formula is C9H7NO. The molecule has 0 fully saturated rings. The molecule has 1 rings (SSSR count). The second-order valence-corrected chi connectivity index (χ2v) is 2.06. The number of phenols is 1. The highest BCUT2D eigenvalue weighted by Gasteiger charge is 2.01. The summed E-state index contributed by atoms with van der Waals surface area (Å²) in [6, 6.07) is 6.77. The lowest BCUT2D eigenvalue weighted by Gasteiger charge is -1.98. The van der Waals surface area contributed by atoms with E-state index in [4.69, 9.17) is 10.4 Å². The number of hydrogen-bond donors (Lipinski definition) is 1. The molecule has 0 radical (unpaired) electrons. The Kier molecular flexibility index (Phi) is 1.93. The summed E-state index contributed by atoms with van der Waals surface area (Å²) >= 11 is 0. The Balaban J connectivity index is 3.38. The fourth-order valence-electron chi connectivity index (χ4n) is 0.849. The quantitative estimate of drug-likeness (QED) is 0.655. The summed E-state index contributed by atoms with van der Waals surface area (Å²) in [4.78, 5) is 0. The van der Waals surface area contributed by atoms with E-state index < -0.39 is 0 Å². The van der Waals surface area contributed by atoms with Crippen molar-refractivity contribution in [2.75, 3.05) is 0 Å². The van der Waals surface area contributed by atoms with E-state index in [1.165, 1.54) is 12.1 Å². The van der Waals surface area contributed by atoms with Gasteiger partial charge < -0.3 is 5.11 Å². The molecule has 0 unspecified atom stereocenters. The zero-order chi connectivity index (χ0) is 8.27. The Bertz CT molecular complexity index is 323. The maximum Gasteiger partial charge on any atom is 0.133 e. The molecule has 11 heavy (non-hydrogen) atoms. The van der Waals surface area contributed by atoms with E-state index >= 15 is 0 Å². The molecule has 0 aliphatic rings. The van der Waals surface area contributed by atoms with Gasteiger partial charge in [-0.25, -0.2) is 0 Å². The molecule has 0 aliphatic heterocycles. The topological polar surface area (TPSA) is 44.0 Å². The fraction of sp³-hybridized carbons (Fsp3) is 0. The monoisotopic (exact) mass is 145 g/mol. The van der Waals surface area contributed by atoms with Crippen molar-refractivity contribution in [3.63, 3.8) is 0 Å². The minimum Gasteiger partial charge on any atom is -0.507 e. The van der Waals surface area contributed by atoms with Crippen LogP contribution in [0, 0.1) is 11.3 Å². The SMILES string of the molecule is C=Cc1cccc(O)c1C#N. The van der Waals surface area contributed by atoms with Crippen molar-refractivity contribution in [1.29, 1.82) is 5.26 Å². The molecule has 0 saturated heterocycles. The molecule has 0 aromatic heterocycles. The van der Waals surface area contributed by atoms with Crippen LogP contribution in [-0.4, -0.2) is 5.11 Å². The maximum atomic E-state index is 9.15. The number of phenolic OH excluding ortho intramolecular Hbond substituents is 1. The molecule has 1 aromatic rings. The number of rotatable bonds is 1. The molecule has 0 atom stereocenters. The molecular weight excluding hydrogens is 138 g/mol. The fourth-order valence-corrected chi connectivity index (χ4v) is 0.849. The van der Waals surface area contributed by atoms with Crippen LogP contribution < -0.4 is 0 Å². The van der Waals surface area contributed by atoms with E-state index in [1.807, 2.05) is 6.07 Å². The Hall–Kier alpha value is -1.75. The van der Waals surface area contributed by atoms with Crippen molar-refractivity contribution in [3.8, 4) is 11.8 Å². The van der Waals surface area contributed by atoms with E-state index in [9.17, 15) is 0 Å². The van der Waals surface area contributed by atoms with Gasteiger partial charge in [0.2, 0.25) is 0 Å². The Morgan fingerprint density at radius 2 is 2.27 bits per heavy atom. The summed E-state index contributed by atoms with van der Waals surface area (Å²) in [7, 11) is 0. The standard InChI is InChI=1S/C9H7NO/c1-2-7-4-3-5-9(11)8(7)6-10/h2-5,11H,1H2. The third kappa shape index (κ3) is 1.22. The van der Waals surface area contributed by atoms with Crippen LogP contribution in [0.4, 0.5) is 0 Å². The van der Waals surface area contributed by atoms with Crippen molar-refractivity contribution in [2.24, 2.45) is 0 Å². The average molecular weight is 145 g/mol. The molecule has 0 heterocycles. The van der Waals surface area contributed by atoms with Crippen molar-refractivity contribution in [2.45, 2.75) is 0 Å². The van der Waals surface area contributed by atoms with Crippen molar-refractivity contribution in [3.05, 3.63) is 35.9 Å². The number of hydrogen-bond acceptors (Lipinski definition) is 2. The lowest BCUT2D eigenvalue weighted by Crippen LogP contribution is -1.81. The molecule has 0 saturated carbocycles. The minimum atomic E-state index is 0.00454. The van der Waals surface area contributed by atoms with Crippen LogP contribution in [0.5, 0.6) is 5.75 Å². The first kappa shape index (κ1) is 7.36. The van der Waals surface area contributed by atoms with Gasteiger partial charge in [-0.3, -0.25) is 0 Å². The van der Waals surface area contributed by atoms with Gasteiger partial charge in [0.15, 0.2) is 0 Å². The molecule has 0 amide bonds. The van der Waals surface area contributed by atoms with Gasteiger partial charge in [-0.1, -0.05) is 24.8 Å². The van der Waals surface area contributed by atoms with Gasteiger partial charge in [-0.05, 0) is 11.6 Å². The van der Waals surface area contributed by atoms with Crippen LogP contribution in [-0.2, 0) is 0 Å². The highest BCUT2D eigenvalue weighted by atomic mass is 16.3. The molecule has 1 aromatic carbocycles. The Labute approximate surface area is 65.0 Å². The first-order valence-corrected chi connectivity index (χ1v) is 3.14. The van der Waals surface area contributed by atoms with E-state index in [0.29, 0.717) is 5.56 Å². The number of nitriles is 1. The molecule has 1 N–H and O–H groups in total. The summed E-state index contributed by atoms with van der Waals surface area (Å²) in [5.74, 6) is 0.00454. The molecule has 0 aliphatic carbocycles. The van der Waals surface area contributed by atoms with Crippen LogP contribution in [0.1, 0.15) is 11.1 Å². The predicted molar refractivity (Wildman–Crippen MR) is 42.9 cm³/mol. The largest absolute Gasteiger partial charge is 0.507 e. The smallest absolute Gasteiger partial charge is 0.133 e. The first-order chi connectivity index (χ1) is 5.29.